The van der Waals surface area contributed by atoms with Crippen molar-refractivity contribution in [1.29, 1.82) is 0 Å². The molecule has 0 aliphatic rings. The van der Waals surface area contributed by atoms with Crippen LogP contribution in [0.4, 0.5) is 0 Å². The van der Waals surface area contributed by atoms with Crippen molar-refractivity contribution in [2.45, 2.75) is 13.3 Å². The first-order valence-electron chi connectivity index (χ1n) is 5.02. The molecule has 0 atom stereocenters. The molecule has 0 unspecified atom stereocenters. The van der Waals surface area contributed by atoms with Crippen LogP contribution in [0.2, 0.25) is 0 Å². The predicted octanol–water partition coefficient (Wildman–Crippen LogP) is 0.863. The quantitative estimate of drug-likeness (QED) is 0.864. The van der Waals surface area contributed by atoms with Gasteiger partial charge in [-0.15, -0.1) is 11.3 Å². The van der Waals surface area contributed by atoms with Crippen LogP contribution in [-0.2, 0) is 6.42 Å². The van der Waals surface area contributed by atoms with Crippen LogP contribution in [0, 0.1) is 6.92 Å². The van der Waals surface area contributed by atoms with Gasteiger partial charge in [0.1, 0.15) is 0 Å². The monoisotopic (exact) mass is 332 g/mol. The molecule has 7 nitrogen and oxygen atoms in total. The SMILES string of the molecule is Cc1nc(C(=O)NCCc2noc(=O)[nH]2)sc1Br. The van der Waals surface area contributed by atoms with Crippen molar-refractivity contribution in [3.63, 3.8) is 0 Å². The maximum absolute atomic E-state index is 11.7. The summed E-state index contributed by atoms with van der Waals surface area (Å²) in [5, 5.41) is 6.57. The number of aryl methyl sites for hydroxylation is 1. The lowest BCUT2D eigenvalue weighted by molar-refractivity contribution is 0.0953. The lowest BCUT2D eigenvalue weighted by atomic mass is 10.4. The number of H-pyrrole nitrogens is 1. The van der Waals surface area contributed by atoms with Gasteiger partial charge < -0.3 is 5.32 Å². The van der Waals surface area contributed by atoms with Gasteiger partial charge in [-0.3, -0.25) is 14.3 Å². The highest BCUT2D eigenvalue weighted by Crippen LogP contribution is 2.23. The molecule has 2 rings (SSSR count). The molecule has 2 heterocycles. The average Bonchev–Trinajstić information content (AvgIpc) is 2.87. The standard InChI is InChI=1S/C9H9BrN4O3S/c1-4-6(10)18-8(12-4)7(15)11-3-2-5-13-9(16)17-14-5/h2-3H2,1H3,(H,11,15)(H,13,14,16). The van der Waals surface area contributed by atoms with E-state index >= 15 is 0 Å². The Bertz CT molecular complexity index is 598. The summed E-state index contributed by atoms with van der Waals surface area (Å²) in [6.07, 6.45) is 0.392. The summed E-state index contributed by atoms with van der Waals surface area (Å²) >= 11 is 4.58. The molecule has 0 radical (unpaired) electrons. The highest BCUT2D eigenvalue weighted by molar-refractivity contribution is 9.11. The minimum atomic E-state index is -0.601. The molecule has 0 aliphatic carbocycles. The van der Waals surface area contributed by atoms with Crippen LogP contribution < -0.4 is 11.1 Å². The maximum Gasteiger partial charge on any atom is 0.438 e. The van der Waals surface area contributed by atoms with Crippen molar-refractivity contribution in [3.05, 3.63) is 30.9 Å². The fraction of sp³-hybridized carbons (Fsp3) is 0.333. The first kappa shape index (κ1) is 13.0. The second kappa shape index (κ2) is 5.44. The lowest BCUT2D eigenvalue weighted by Gasteiger charge is -1.99. The molecule has 0 aliphatic heterocycles. The lowest BCUT2D eigenvalue weighted by Crippen LogP contribution is -2.25. The van der Waals surface area contributed by atoms with E-state index < -0.39 is 5.76 Å². The predicted molar refractivity (Wildman–Crippen MR) is 67.7 cm³/mol. The fourth-order valence-corrected chi connectivity index (χ4v) is 2.47. The van der Waals surface area contributed by atoms with Crippen molar-refractivity contribution >= 4 is 33.2 Å². The van der Waals surface area contributed by atoms with Gasteiger partial charge in [0, 0.05) is 13.0 Å². The third-order valence-corrected chi connectivity index (χ3v) is 4.07. The zero-order valence-electron chi connectivity index (χ0n) is 9.32. The molecule has 0 fully saturated rings. The van der Waals surface area contributed by atoms with Gasteiger partial charge in [-0.1, -0.05) is 5.16 Å². The molecule has 0 saturated carbocycles. The Morgan fingerprint density at radius 2 is 2.39 bits per heavy atom. The van der Waals surface area contributed by atoms with Gasteiger partial charge in [-0.05, 0) is 22.9 Å². The molecule has 2 N–H and O–H groups in total. The van der Waals surface area contributed by atoms with E-state index in [1.54, 1.807) is 0 Å². The molecule has 0 aromatic carbocycles. The van der Waals surface area contributed by atoms with E-state index in [0.717, 1.165) is 9.48 Å². The minimum absolute atomic E-state index is 0.250. The van der Waals surface area contributed by atoms with Crippen molar-refractivity contribution in [3.8, 4) is 0 Å². The first-order valence-corrected chi connectivity index (χ1v) is 6.63. The number of nitrogens with zero attached hydrogens (tertiary/aromatic N) is 2. The van der Waals surface area contributed by atoms with Crippen LogP contribution in [0.3, 0.4) is 0 Å². The number of carbonyl (C=O) groups excluding carboxylic acids is 1. The third kappa shape index (κ3) is 3.05. The van der Waals surface area contributed by atoms with Gasteiger partial charge >= 0.3 is 5.76 Å². The number of nitrogens with one attached hydrogen (secondary N) is 2. The number of carbonyl (C=O) groups is 1. The number of aromatic amines is 1. The average molecular weight is 333 g/mol. The topological polar surface area (TPSA) is 101 Å². The number of amides is 1. The largest absolute Gasteiger partial charge is 0.438 e. The molecule has 2 aromatic rings. The van der Waals surface area contributed by atoms with E-state index in [0.29, 0.717) is 23.8 Å². The Balaban J connectivity index is 1.87. The number of hydrogen-bond donors (Lipinski definition) is 2. The number of halogens is 1. The summed E-state index contributed by atoms with van der Waals surface area (Å²) < 4.78 is 5.18. The molecule has 96 valence electrons. The van der Waals surface area contributed by atoms with Crippen LogP contribution in [0.25, 0.3) is 0 Å². The van der Waals surface area contributed by atoms with Gasteiger partial charge in [-0.25, -0.2) is 9.78 Å². The summed E-state index contributed by atoms with van der Waals surface area (Å²) in [7, 11) is 0. The zero-order chi connectivity index (χ0) is 13.1. The van der Waals surface area contributed by atoms with E-state index in [1.165, 1.54) is 11.3 Å². The van der Waals surface area contributed by atoms with Gasteiger partial charge in [0.2, 0.25) is 0 Å². The van der Waals surface area contributed by atoms with Crippen molar-refractivity contribution < 1.29 is 9.32 Å². The Hall–Kier alpha value is -1.48. The van der Waals surface area contributed by atoms with Gasteiger partial charge in [-0.2, -0.15) is 0 Å². The van der Waals surface area contributed by atoms with E-state index in [-0.39, 0.29) is 5.91 Å². The van der Waals surface area contributed by atoms with Crippen LogP contribution in [0.15, 0.2) is 13.1 Å². The molecule has 0 saturated heterocycles. The number of aromatic nitrogens is 3. The number of thiazole rings is 1. The fourth-order valence-electron chi connectivity index (χ4n) is 1.21. The number of hydrogen-bond acceptors (Lipinski definition) is 6. The van der Waals surface area contributed by atoms with Gasteiger partial charge in [0.25, 0.3) is 5.91 Å². The second-order valence-electron chi connectivity index (χ2n) is 3.43. The summed E-state index contributed by atoms with van der Waals surface area (Å²) in [4.78, 5) is 28.9. The molecule has 9 heteroatoms. The normalized spacial score (nSPS) is 10.6. The summed E-state index contributed by atoms with van der Waals surface area (Å²) in [5.74, 6) is -0.452. The molecular formula is C9H9BrN4O3S. The first-order chi connectivity index (χ1) is 8.56. The maximum atomic E-state index is 11.7. The Labute approximate surface area is 114 Å². The molecule has 2 aromatic heterocycles. The smallest absolute Gasteiger partial charge is 0.350 e. The summed E-state index contributed by atoms with van der Waals surface area (Å²) in [6.45, 7) is 2.16. The molecule has 18 heavy (non-hydrogen) atoms. The molecule has 0 spiro atoms. The van der Waals surface area contributed by atoms with Crippen molar-refractivity contribution in [2.75, 3.05) is 6.54 Å². The molecular weight excluding hydrogens is 324 g/mol. The highest BCUT2D eigenvalue weighted by Gasteiger charge is 2.12. The third-order valence-electron chi connectivity index (χ3n) is 2.07. The van der Waals surface area contributed by atoms with E-state index in [1.807, 2.05) is 6.92 Å². The van der Waals surface area contributed by atoms with Crippen LogP contribution in [-0.4, -0.2) is 27.6 Å². The van der Waals surface area contributed by atoms with Crippen molar-refractivity contribution in [2.24, 2.45) is 0 Å². The second-order valence-corrected chi connectivity index (χ2v) is 5.74. The van der Waals surface area contributed by atoms with E-state index in [4.69, 9.17) is 0 Å². The van der Waals surface area contributed by atoms with Crippen molar-refractivity contribution in [1.82, 2.24) is 20.4 Å². The summed E-state index contributed by atoms with van der Waals surface area (Å²) in [6, 6.07) is 0. The van der Waals surface area contributed by atoms with E-state index in [2.05, 4.69) is 40.9 Å². The van der Waals surface area contributed by atoms with Crippen LogP contribution in [0.1, 0.15) is 21.3 Å². The highest BCUT2D eigenvalue weighted by atomic mass is 79.9. The number of rotatable bonds is 4. The Kier molecular flexibility index (Phi) is 3.92. The summed E-state index contributed by atoms with van der Waals surface area (Å²) in [5.41, 5.74) is 0.783. The zero-order valence-corrected chi connectivity index (χ0v) is 11.7. The van der Waals surface area contributed by atoms with Crippen LogP contribution in [0.5, 0.6) is 0 Å². The minimum Gasteiger partial charge on any atom is -0.350 e. The van der Waals surface area contributed by atoms with Crippen LogP contribution >= 0.6 is 27.3 Å². The molecule has 0 bridgehead atoms. The Morgan fingerprint density at radius 1 is 1.61 bits per heavy atom. The van der Waals surface area contributed by atoms with E-state index in [9.17, 15) is 9.59 Å². The molecule has 1 amide bonds. The van der Waals surface area contributed by atoms with Gasteiger partial charge in [0.05, 0.1) is 9.48 Å². The van der Waals surface area contributed by atoms with Gasteiger partial charge in [0.15, 0.2) is 10.8 Å². The Morgan fingerprint density at radius 3 is 2.94 bits per heavy atom.